The van der Waals surface area contributed by atoms with Gasteiger partial charge in [-0.2, -0.15) is 0 Å². The number of benzene rings is 2. The minimum absolute atomic E-state index is 0.0558. The first kappa shape index (κ1) is 18.2. The fraction of sp³-hybridized carbons (Fsp3) is 0.318. The maximum absolute atomic E-state index is 13.2. The maximum atomic E-state index is 13.2. The Kier molecular flexibility index (Phi) is 4.63. The predicted molar refractivity (Wildman–Crippen MR) is 106 cm³/mol. The highest BCUT2D eigenvalue weighted by Gasteiger charge is 2.59. The Balaban J connectivity index is 1.73. The van der Waals surface area contributed by atoms with Gasteiger partial charge in [-0.25, -0.2) is 0 Å². The van der Waals surface area contributed by atoms with Crippen LogP contribution in [0.3, 0.4) is 0 Å². The summed E-state index contributed by atoms with van der Waals surface area (Å²) in [5.41, 5.74) is 1.92. The first-order chi connectivity index (χ1) is 13.5. The van der Waals surface area contributed by atoms with E-state index in [4.69, 9.17) is 0 Å². The Hall–Kier alpha value is -3.15. The van der Waals surface area contributed by atoms with Crippen LogP contribution in [0.1, 0.15) is 36.9 Å². The van der Waals surface area contributed by atoms with Crippen LogP contribution in [0, 0.1) is 0 Å². The van der Waals surface area contributed by atoms with Crippen molar-refractivity contribution in [2.45, 2.75) is 31.2 Å². The summed E-state index contributed by atoms with van der Waals surface area (Å²) in [6, 6.07) is 17.1. The summed E-state index contributed by atoms with van der Waals surface area (Å²) in [4.78, 5) is 39.1. The van der Waals surface area contributed by atoms with E-state index in [0.29, 0.717) is 19.5 Å². The van der Waals surface area contributed by atoms with Gasteiger partial charge in [-0.1, -0.05) is 48.5 Å². The van der Waals surface area contributed by atoms with E-state index in [1.165, 1.54) is 6.92 Å². The molecule has 2 atom stereocenters. The molecule has 0 unspecified atom stereocenters. The Morgan fingerprint density at radius 3 is 2.61 bits per heavy atom. The van der Waals surface area contributed by atoms with Gasteiger partial charge in [0, 0.05) is 32.1 Å². The number of nitrogens with one attached hydrogen (secondary N) is 2. The molecule has 28 heavy (non-hydrogen) atoms. The lowest BCUT2D eigenvalue weighted by atomic mass is 9.72. The van der Waals surface area contributed by atoms with Crippen LogP contribution in [0.4, 0.5) is 5.69 Å². The van der Waals surface area contributed by atoms with Gasteiger partial charge in [-0.05, 0) is 23.6 Å². The van der Waals surface area contributed by atoms with Gasteiger partial charge in [-0.15, -0.1) is 0 Å². The molecule has 0 aromatic heterocycles. The molecule has 0 aliphatic carbocycles. The van der Waals surface area contributed by atoms with Crippen LogP contribution >= 0.6 is 0 Å². The average Bonchev–Trinajstić information content (AvgIpc) is 3.22. The number of carbonyl (C=O) groups is 3. The van der Waals surface area contributed by atoms with Gasteiger partial charge in [0.05, 0.1) is 6.04 Å². The second kappa shape index (κ2) is 7.11. The van der Waals surface area contributed by atoms with Crippen LogP contribution in [0.15, 0.2) is 54.6 Å². The van der Waals surface area contributed by atoms with Gasteiger partial charge in [0.1, 0.15) is 5.41 Å². The van der Waals surface area contributed by atoms with Crippen molar-refractivity contribution in [2.24, 2.45) is 0 Å². The van der Waals surface area contributed by atoms with Crippen molar-refractivity contribution in [3.8, 4) is 0 Å². The van der Waals surface area contributed by atoms with Crippen LogP contribution in [0.25, 0.3) is 0 Å². The molecule has 6 heteroatoms. The molecule has 6 nitrogen and oxygen atoms in total. The third-order valence-electron chi connectivity index (χ3n) is 5.74. The number of para-hydroxylation sites is 1. The van der Waals surface area contributed by atoms with E-state index in [0.717, 1.165) is 16.8 Å². The van der Waals surface area contributed by atoms with Gasteiger partial charge in [0.25, 0.3) is 0 Å². The van der Waals surface area contributed by atoms with Gasteiger partial charge in [-0.3, -0.25) is 14.4 Å². The van der Waals surface area contributed by atoms with Gasteiger partial charge in [0.15, 0.2) is 0 Å². The summed E-state index contributed by atoms with van der Waals surface area (Å²) in [5, 5.41) is 5.69. The van der Waals surface area contributed by atoms with Crippen molar-refractivity contribution in [3.63, 3.8) is 0 Å². The number of amides is 3. The third-order valence-corrected chi connectivity index (χ3v) is 5.74. The SMILES string of the molecule is CC(=O)NCCC(=O)N1CC[C@]2(C(=O)Nc3ccccc32)[C@@H]1c1ccccc1. The molecule has 3 amide bonds. The van der Waals surface area contributed by atoms with Crippen LogP contribution in [0.2, 0.25) is 0 Å². The molecule has 144 valence electrons. The quantitative estimate of drug-likeness (QED) is 0.859. The number of carbonyl (C=O) groups excluding carboxylic acids is 3. The van der Waals surface area contributed by atoms with Crippen LogP contribution in [0.5, 0.6) is 0 Å². The highest BCUT2D eigenvalue weighted by atomic mass is 16.2. The zero-order valence-electron chi connectivity index (χ0n) is 15.8. The summed E-state index contributed by atoms with van der Waals surface area (Å²) in [6.07, 6.45) is 0.781. The number of hydrogen-bond donors (Lipinski definition) is 2. The molecule has 2 aromatic carbocycles. The Bertz CT molecular complexity index is 928. The number of anilines is 1. The smallest absolute Gasteiger partial charge is 0.237 e. The van der Waals surface area contributed by atoms with Crippen LogP contribution in [-0.4, -0.2) is 35.7 Å². The van der Waals surface area contributed by atoms with Crippen molar-refractivity contribution >= 4 is 23.4 Å². The standard InChI is InChI=1S/C22H23N3O3/c1-15(26)23-13-11-19(27)25-14-12-22(20(25)16-7-3-2-4-8-16)17-9-5-6-10-18(17)24-21(22)28/h2-10,20H,11-14H2,1H3,(H,23,26)(H,24,28)/t20-,22+/m0/s1. The summed E-state index contributed by atoms with van der Waals surface area (Å²) in [7, 11) is 0. The average molecular weight is 377 g/mol. The van der Waals surface area contributed by atoms with Crippen molar-refractivity contribution in [1.29, 1.82) is 0 Å². The largest absolute Gasteiger partial charge is 0.356 e. The molecule has 0 radical (unpaired) electrons. The van der Waals surface area contributed by atoms with E-state index in [9.17, 15) is 14.4 Å². The Morgan fingerprint density at radius 2 is 1.86 bits per heavy atom. The van der Waals surface area contributed by atoms with E-state index >= 15 is 0 Å². The lowest BCUT2D eigenvalue weighted by Crippen LogP contribution is -2.43. The van der Waals surface area contributed by atoms with E-state index in [1.54, 1.807) is 4.90 Å². The minimum Gasteiger partial charge on any atom is -0.356 e. The Morgan fingerprint density at radius 1 is 1.14 bits per heavy atom. The number of rotatable bonds is 4. The second-order valence-electron chi connectivity index (χ2n) is 7.35. The molecule has 1 fully saturated rings. The van der Waals surface area contributed by atoms with Gasteiger partial charge >= 0.3 is 0 Å². The monoisotopic (exact) mass is 377 g/mol. The van der Waals surface area contributed by atoms with Gasteiger partial charge < -0.3 is 15.5 Å². The molecule has 2 heterocycles. The number of likely N-dealkylation sites (tertiary alicyclic amines) is 1. The van der Waals surface area contributed by atoms with Crippen LogP contribution < -0.4 is 10.6 Å². The molecule has 1 saturated heterocycles. The molecular formula is C22H23N3O3. The molecule has 1 spiro atoms. The van der Waals surface area contributed by atoms with Crippen molar-refractivity contribution < 1.29 is 14.4 Å². The highest BCUT2D eigenvalue weighted by molar-refractivity contribution is 6.07. The fourth-order valence-electron chi connectivity index (χ4n) is 4.54. The first-order valence-corrected chi connectivity index (χ1v) is 9.54. The minimum atomic E-state index is -0.790. The molecule has 2 aliphatic heterocycles. The molecule has 0 bridgehead atoms. The number of nitrogens with zero attached hydrogens (tertiary/aromatic N) is 1. The summed E-state index contributed by atoms with van der Waals surface area (Å²) >= 11 is 0. The molecule has 2 aliphatic rings. The predicted octanol–water partition coefficient (Wildman–Crippen LogP) is 2.38. The van der Waals surface area contributed by atoms with Crippen molar-refractivity contribution in [2.75, 3.05) is 18.4 Å². The third kappa shape index (κ3) is 2.85. The molecule has 0 saturated carbocycles. The number of fused-ring (bicyclic) bond motifs is 2. The van der Waals surface area contributed by atoms with E-state index in [-0.39, 0.29) is 30.2 Å². The Labute approximate surface area is 163 Å². The summed E-state index contributed by atoms with van der Waals surface area (Å²) in [5.74, 6) is -0.272. The normalized spacial score (nSPS) is 22.8. The zero-order chi connectivity index (χ0) is 19.7. The first-order valence-electron chi connectivity index (χ1n) is 9.54. The zero-order valence-corrected chi connectivity index (χ0v) is 15.8. The lowest BCUT2D eigenvalue weighted by Gasteiger charge is -2.34. The highest BCUT2D eigenvalue weighted by Crippen LogP contribution is 2.54. The fourth-order valence-corrected chi connectivity index (χ4v) is 4.54. The molecule has 4 rings (SSSR count). The second-order valence-corrected chi connectivity index (χ2v) is 7.35. The van der Waals surface area contributed by atoms with E-state index in [2.05, 4.69) is 10.6 Å². The molecular weight excluding hydrogens is 354 g/mol. The van der Waals surface area contributed by atoms with Crippen molar-refractivity contribution in [3.05, 3.63) is 65.7 Å². The molecule has 2 N–H and O–H groups in total. The number of hydrogen-bond acceptors (Lipinski definition) is 3. The summed E-state index contributed by atoms with van der Waals surface area (Å²) in [6.45, 7) is 2.23. The van der Waals surface area contributed by atoms with Crippen molar-refractivity contribution in [1.82, 2.24) is 10.2 Å². The van der Waals surface area contributed by atoms with E-state index in [1.807, 2.05) is 54.6 Å². The van der Waals surface area contributed by atoms with Crippen LogP contribution in [-0.2, 0) is 19.8 Å². The lowest BCUT2D eigenvalue weighted by molar-refractivity contribution is -0.133. The van der Waals surface area contributed by atoms with Gasteiger partial charge in [0.2, 0.25) is 17.7 Å². The molecule has 2 aromatic rings. The maximum Gasteiger partial charge on any atom is 0.237 e. The van der Waals surface area contributed by atoms with E-state index < -0.39 is 5.41 Å². The summed E-state index contributed by atoms with van der Waals surface area (Å²) < 4.78 is 0. The topological polar surface area (TPSA) is 78.5 Å².